The summed E-state index contributed by atoms with van der Waals surface area (Å²) in [6.45, 7) is 5.60. The number of hydrogen-bond donors (Lipinski definition) is 1. The quantitative estimate of drug-likeness (QED) is 0.843. The molecular weight excluding hydrogens is 242 g/mol. The molecule has 0 radical (unpaired) electrons. The molecule has 0 aliphatic carbocycles. The van der Waals surface area contributed by atoms with Crippen molar-refractivity contribution in [2.45, 2.75) is 39.0 Å². The lowest BCUT2D eigenvalue weighted by molar-refractivity contribution is 0.828. The van der Waals surface area contributed by atoms with Gasteiger partial charge in [-0.25, -0.2) is 0 Å². The van der Waals surface area contributed by atoms with Gasteiger partial charge in [-0.2, -0.15) is 0 Å². The van der Waals surface area contributed by atoms with Gasteiger partial charge in [0.05, 0.1) is 0 Å². The highest BCUT2D eigenvalue weighted by Crippen LogP contribution is 2.24. The topological polar surface area (TPSA) is 12.0 Å². The molecular formula is C19H23N. The van der Waals surface area contributed by atoms with Crippen LogP contribution < -0.4 is 5.32 Å². The third-order valence-electron chi connectivity index (χ3n) is 4.16. The van der Waals surface area contributed by atoms with E-state index in [0.717, 1.165) is 13.0 Å². The van der Waals surface area contributed by atoms with E-state index >= 15 is 0 Å². The van der Waals surface area contributed by atoms with Crippen molar-refractivity contribution in [1.29, 1.82) is 0 Å². The number of nitrogens with one attached hydrogen (secondary N) is 1. The first-order valence-corrected chi connectivity index (χ1v) is 7.67. The summed E-state index contributed by atoms with van der Waals surface area (Å²) in [6.07, 6.45) is 3.49. The normalized spacial score (nSPS) is 13.9. The van der Waals surface area contributed by atoms with Crippen molar-refractivity contribution in [3.8, 4) is 0 Å². The van der Waals surface area contributed by atoms with Gasteiger partial charge in [0.15, 0.2) is 0 Å². The van der Waals surface area contributed by atoms with Crippen molar-refractivity contribution >= 4 is 5.69 Å². The molecule has 1 aliphatic rings. The fourth-order valence-electron chi connectivity index (χ4n) is 2.89. The van der Waals surface area contributed by atoms with Crippen molar-refractivity contribution in [3.05, 3.63) is 64.7 Å². The molecule has 1 heteroatoms. The molecule has 0 unspecified atom stereocenters. The lowest BCUT2D eigenvalue weighted by Gasteiger charge is -2.18. The third kappa shape index (κ3) is 2.87. The Balaban J connectivity index is 1.77. The zero-order valence-electron chi connectivity index (χ0n) is 12.4. The van der Waals surface area contributed by atoms with Crippen LogP contribution in [0.25, 0.3) is 0 Å². The molecule has 2 aromatic rings. The van der Waals surface area contributed by atoms with E-state index in [4.69, 9.17) is 0 Å². The van der Waals surface area contributed by atoms with E-state index in [1.165, 1.54) is 40.8 Å². The van der Waals surface area contributed by atoms with Crippen LogP contribution in [0.5, 0.6) is 0 Å². The fraction of sp³-hybridized carbons (Fsp3) is 0.368. The average molecular weight is 265 g/mol. The predicted octanol–water partition coefficient (Wildman–Crippen LogP) is 4.76. The summed E-state index contributed by atoms with van der Waals surface area (Å²) < 4.78 is 0. The minimum absolute atomic E-state index is 0.610. The number of hydrogen-bond acceptors (Lipinski definition) is 1. The minimum atomic E-state index is 0.610. The van der Waals surface area contributed by atoms with Gasteiger partial charge < -0.3 is 5.32 Å². The van der Waals surface area contributed by atoms with Crippen molar-refractivity contribution in [1.82, 2.24) is 0 Å². The first-order chi connectivity index (χ1) is 9.72. The Hall–Kier alpha value is -1.76. The smallest absolute Gasteiger partial charge is 0.0372 e. The highest BCUT2D eigenvalue weighted by Gasteiger charge is 2.09. The number of benzene rings is 2. The summed E-state index contributed by atoms with van der Waals surface area (Å²) in [6, 6.07) is 15.9. The van der Waals surface area contributed by atoms with Gasteiger partial charge in [-0.15, -0.1) is 0 Å². The summed E-state index contributed by atoms with van der Waals surface area (Å²) in [5.41, 5.74) is 7.05. The molecule has 1 aliphatic heterocycles. The Morgan fingerprint density at radius 2 is 1.75 bits per heavy atom. The van der Waals surface area contributed by atoms with Crippen LogP contribution in [0.15, 0.2) is 42.5 Å². The van der Waals surface area contributed by atoms with Crippen molar-refractivity contribution < 1.29 is 0 Å². The van der Waals surface area contributed by atoms with Gasteiger partial charge in [0.25, 0.3) is 0 Å². The molecule has 0 amide bonds. The molecule has 1 heterocycles. The van der Waals surface area contributed by atoms with E-state index in [1.54, 1.807) is 0 Å². The van der Waals surface area contributed by atoms with Crippen LogP contribution in [-0.2, 0) is 12.8 Å². The molecule has 0 fully saturated rings. The van der Waals surface area contributed by atoms with Gasteiger partial charge in [0.2, 0.25) is 0 Å². The second-order valence-electron chi connectivity index (χ2n) is 6.09. The van der Waals surface area contributed by atoms with E-state index in [2.05, 4.69) is 61.6 Å². The molecule has 1 N–H and O–H groups in total. The van der Waals surface area contributed by atoms with Gasteiger partial charge in [0, 0.05) is 12.2 Å². The van der Waals surface area contributed by atoms with E-state index in [0.29, 0.717) is 5.92 Å². The molecule has 0 aromatic heterocycles. The molecule has 0 saturated carbocycles. The molecule has 1 nitrogen and oxygen atoms in total. The molecule has 0 bridgehead atoms. The molecule has 0 saturated heterocycles. The molecule has 20 heavy (non-hydrogen) atoms. The van der Waals surface area contributed by atoms with Crippen molar-refractivity contribution in [2.75, 3.05) is 11.9 Å². The Labute approximate surface area is 122 Å². The Kier molecular flexibility index (Phi) is 3.77. The molecule has 0 atom stereocenters. The third-order valence-corrected chi connectivity index (χ3v) is 4.16. The first-order valence-electron chi connectivity index (χ1n) is 7.67. The van der Waals surface area contributed by atoms with E-state index in [9.17, 15) is 0 Å². The summed E-state index contributed by atoms with van der Waals surface area (Å²) in [4.78, 5) is 0. The zero-order chi connectivity index (χ0) is 13.9. The van der Waals surface area contributed by atoms with E-state index in [1.807, 2.05) is 0 Å². The predicted molar refractivity (Wildman–Crippen MR) is 86.6 cm³/mol. The van der Waals surface area contributed by atoms with Gasteiger partial charge >= 0.3 is 0 Å². The zero-order valence-corrected chi connectivity index (χ0v) is 12.4. The number of rotatable bonds is 3. The summed E-state index contributed by atoms with van der Waals surface area (Å²) in [5, 5.41) is 3.47. The molecule has 0 spiro atoms. The van der Waals surface area contributed by atoms with E-state index < -0.39 is 0 Å². The number of aryl methyl sites for hydroxylation is 1. The van der Waals surface area contributed by atoms with Crippen LogP contribution in [0.3, 0.4) is 0 Å². The maximum atomic E-state index is 3.47. The Morgan fingerprint density at radius 1 is 1.00 bits per heavy atom. The average Bonchev–Trinajstić information content (AvgIpc) is 2.48. The monoisotopic (exact) mass is 265 g/mol. The fourth-order valence-corrected chi connectivity index (χ4v) is 2.89. The maximum Gasteiger partial charge on any atom is 0.0372 e. The second kappa shape index (κ2) is 5.70. The van der Waals surface area contributed by atoms with Crippen molar-refractivity contribution in [3.63, 3.8) is 0 Å². The summed E-state index contributed by atoms with van der Waals surface area (Å²) >= 11 is 0. The minimum Gasteiger partial charge on any atom is -0.385 e. The SMILES string of the molecule is CC(C)c1ccc(Cc2ccc3c(c2)CCCN3)cc1. The molecule has 3 rings (SSSR count). The highest BCUT2D eigenvalue weighted by molar-refractivity contribution is 5.54. The van der Waals surface area contributed by atoms with Gasteiger partial charge in [0.1, 0.15) is 0 Å². The number of anilines is 1. The summed E-state index contributed by atoms with van der Waals surface area (Å²) in [7, 11) is 0. The lowest BCUT2D eigenvalue weighted by Crippen LogP contribution is -2.11. The molecule has 104 valence electrons. The number of fused-ring (bicyclic) bond motifs is 1. The van der Waals surface area contributed by atoms with Crippen LogP contribution in [-0.4, -0.2) is 6.54 Å². The van der Waals surface area contributed by atoms with Crippen molar-refractivity contribution in [2.24, 2.45) is 0 Å². The molecule has 2 aromatic carbocycles. The van der Waals surface area contributed by atoms with Crippen LogP contribution in [0.1, 0.15) is 48.4 Å². The van der Waals surface area contributed by atoms with Crippen LogP contribution >= 0.6 is 0 Å². The standard InChI is InChI=1S/C19H23N/c1-14(2)17-8-5-15(6-9-17)12-16-7-10-19-18(13-16)4-3-11-20-19/h5-10,13-14,20H,3-4,11-12H2,1-2H3. The van der Waals surface area contributed by atoms with Gasteiger partial charge in [-0.1, -0.05) is 50.2 Å². The van der Waals surface area contributed by atoms with Gasteiger partial charge in [-0.3, -0.25) is 0 Å². The summed E-state index contributed by atoms with van der Waals surface area (Å²) in [5.74, 6) is 0.610. The van der Waals surface area contributed by atoms with Crippen LogP contribution in [0.4, 0.5) is 5.69 Å². The Bertz CT molecular complexity index is 581. The van der Waals surface area contributed by atoms with Crippen LogP contribution in [0.2, 0.25) is 0 Å². The maximum absolute atomic E-state index is 3.47. The highest BCUT2D eigenvalue weighted by atomic mass is 14.9. The van der Waals surface area contributed by atoms with E-state index in [-0.39, 0.29) is 0 Å². The van der Waals surface area contributed by atoms with Gasteiger partial charge in [-0.05, 0) is 53.5 Å². The largest absolute Gasteiger partial charge is 0.385 e. The second-order valence-corrected chi connectivity index (χ2v) is 6.09. The van der Waals surface area contributed by atoms with Crippen LogP contribution in [0, 0.1) is 0 Å². The first kappa shape index (κ1) is 13.2. The Morgan fingerprint density at radius 3 is 2.50 bits per heavy atom. The lowest BCUT2D eigenvalue weighted by atomic mass is 9.96.